The Kier molecular flexibility index (Phi) is 5.78. The maximum absolute atomic E-state index is 12.5. The summed E-state index contributed by atoms with van der Waals surface area (Å²) in [7, 11) is 0. The zero-order valence-electron chi connectivity index (χ0n) is 15.8. The van der Waals surface area contributed by atoms with Crippen molar-refractivity contribution in [3.8, 4) is 5.75 Å². The first kappa shape index (κ1) is 19.0. The molecule has 0 fully saturated rings. The fourth-order valence-corrected chi connectivity index (χ4v) is 3.43. The van der Waals surface area contributed by atoms with Crippen molar-refractivity contribution in [3.63, 3.8) is 0 Å². The molecule has 144 valence electrons. The van der Waals surface area contributed by atoms with Crippen LogP contribution in [0.3, 0.4) is 0 Å². The van der Waals surface area contributed by atoms with Crippen molar-refractivity contribution in [1.29, 1.82) is 0 Å². The van der Waals surface area contributed by atoms with Gasteiger partial charge in [0.25, 0.3) is 0 Å². The molecule has 1 amide bonds. The first-order chi connectivity index (χ1) is 14.2. The van der Waals surface area contributed by atoms with E-state index in [2.05, 4.69) is 17.4 Å². The number of carbonyl (C=O) groups excluding carboxylic acids is 1. The molecular formula is C25H20ClNO2. The lowest BCUT2D eigenvalue weighted by Crippen LogP contribution is -2.14. The smallest absolute Gasteiger partial charge is 0.228 e. The summed E-state index contributed by atoms with van der Waals surface area (Å²) in [5.41, 5.74) is 2.68. The van der Waals surface area contributed by atoms with Gasteiger partial charge in [0, 0.05) is 16.3 Å². The number of amides is 1. The van der Waals surface area contributed by atoms with Crippen molar-refractivity contribution in [1.82, 2.24) is 0 Å². The van der Waals surface area contributed by atoms with Gasteiger partial charge in [0.2, 0.25) is 5.91 Å². The molecule has 0 spiro atoms. The van der Waals surface area contributed by atoms with Gasteiger partial charge in [-0.3, -0.25) is 4.79 Å². The van der Waals surface area contributed by atoms with E-state index < -0.39 is 0 Å². The first-order valence-electron chi connectivity index (χ1n) is 9.42. The Balaban J connectivity index is 1.37. The summed E-state index contributed by atoms with van der Waals surface area (Å²) in [6.45, 7) is 0.395. The van der Waals surface area contributed by atoms with Crippen LogP contribution in [-0.2, 0) is 17.8 Å². The van der Waals surface area contributed by atoms with E-state index in [9.17, 15) is 4.79 Å². The fraction of sp³-hybridized carbons (Fsp3) is 0.0800. The third kappa shape index (κ3) is 4.76. The van der Waals surface area contributed by atoms with Gasteiger partial charge in [0.05, 0.1) is 6.42 Å². The van der Waals surface area contributed by atoms with Crippen LogP contribution in [0.4, 0.5) is 5.69 Å². The molecule has 0 aliphatic rings. The minimum atomic E-state index is -0.0499. The third-order valence-electron chi connectivity index (χ3n) is 4.72. The molecule has 4 rings (SSSR count). The predicted molar refractivity (Wildman–Crippen MR) is 119 cm³/mol. The molecule has 0 aliphatic heterocycles. The number of hydrogen-bond acceptors (Lipinski definition) is 2. The summed E-state index contributed by atoms with van der Waals surface area (Å²) >= 11 is 6.15. The summed E-state index contributed by atoms with van der Waals surface area (Å²) < 4.78 is 5.78. The average molecular weight is 402 g/mol. The number of anilines is 1. The van der Waals surface area contributed by atoms with Crippen molar-refractivity contribution >= 4 is 34.0 Å². The molecule has 0 radical (unpaired) electrons. The monoisotopic (exact) mass is 401 g/mol. The first-order valence-corrected chi connectivity index (χ1v) is 9.79. The number of hydrogen-bond donors (Lipinski definition) is 1. The van der Waals surface area contributed by atoms with Gasteiger partial charge in [-0.2, -0.15) is 0 Å². The van der Waals surface area contributed by atoms with E-state index in [0.29, 0.717) is 18.1 Å². The number of ether oxygens (including phenoxy) is 1. The lowest BCUT2D eigenvalue weighted by molar-refractivity contribution is -0.115. The number of fused-ring (bicyclic) bond motifs is 1. The van der Waals surface area contributed by atoms with Crippen LogP contribution in [0.15, 0.2) is 91.0 Å². The van der Waals surface area contributed by atoms with Crippen molar-refractivity contribution in [3.05, 3.63) is 107 Å². The van der Waals surface area contributed by atoms with Gasteiger partial charge in [0.1, 0.15) is 12.4 Å². The number of carbonyl (C=O) groups is 1. The number of nitrogens with one attached hydrogen (secondary N) is 1. The second-order valence-corrected chi connectivity index (χ2v) is 7.17. The Morgan fingerprint density at radius 2 is 1.48 bits per heavy atom. The topological polar surface area (TPSA) is 38.3 Å². The van der Waals surface area contributed by atoms with Crippen LogP contribution >= 0.6 is 11.6 Å². The van der Waals surface area contributed by atoms with Crippen molar-refractivity contribution in [2.45, 2.75) is 13.0 Å². The van der Waals surface area contributed by atoms with Crippen LogP contribution in [-0.4, -0.2) is 5.91 Å². The summed E-state index contributed by atoms with van der Waals surface area (Å²) in [4.78, 5) is 12.5. The highest BCUT2D eigenvalue weighted by Gasteiger charge is 2.08. The Bertz CT molecular complexity index is 1130. The van der Waals surface area contributed by atoms with Gasteiger partial charge in [-0.1, -0.05) is 72.3 Å². The molecular weight excluding hydrogens is 382 g/mol. The minimum Gasteiger partial charge on any atom is -0.489 e. The molecule has 0 saturated heterocycles. The second-order valence-electron chi connectivity index (χ2n) is 6.77. The Hall–Kier alpha value is -3.30. The van der Waals surface area contributed by atoms with Gasteiger partial charge in [-0.25, -0.2) is 0 Å². The minimum absolute atomic E-state index is 0.0499. The van der Waals surface area contributed by atoms with Crippen molar-refractivity contribution in [2.75, 3.05) is 5.32 Å². The van der Waals surface area contributed by atoms with E-state index in [1.165, 1.54) is 0 Å². The van der Waals surface area contributed by atoms with E-state index in [1.54, 1.807) is 0 Å². The van der Waals surface area contributed by atoms with Gasteiger partial charge < -0.3 is 10.1 Å². The molecule has 0 unspecified atom stereocenters. The maximum atomic E-state index is 12.5. The zero-order chi connectivity index (χ0) is 20.1. The largest absolute Gasteiger partial charge is 0.489 e. The van der Waals surface area contributed by atoms with Gasteiger partial charge >= 0.3 is 0 Å². The fourth-order valence-electron chi connectivity index (χ4n) is 3.24. The molecule has 4 aromatic carbocycles. The van der Waals surface area contributed by atoms with Crippen molar-refractivity contribution in [2.24, 2.45) is 0 Å². The Morgan fingerprint density at radius 3 is 2.31 bits per heavy atom. The lowest BCUT2D eigenvalue weighted by atomic mass is 10.0. The van der Waals surface area contributed by atoms with Crippen molar-refractivity contribution < 1.29 is 9.53 Å². The molecule has 0 aliphatic carbocycles. The van der Waals surface area contributed by atoms with Crippen LogP contribution < -0.4 is 10.1 Å². The summed E-state index contributed by atoms with van der Waals surface area (Å²) in [5, 5.41) is 5.88. The quantitative estimate of drug-likeness (QED) is 0.414. The highest BCUT2D eigenvalue weighted by atomic mass is 35.5. The summed E-state index contributed by atoms with van der Waals surface area (Å²) in [6, 6.07) is 29.1. The summed E-state index contributed by atoms with van der Waals surface area (Å²) in [5.74, 6) is 0.670. The highest BCUT2D eigenvalue weighted by Crippen LogP contribution is 2.22. The summed E-state index contributed by atoms with van der Waals surface area (Å²) in [6.07, 6.45) is 0.326. The van der Waals surface area contributed by atoms with E-state index in [-0.39, 0.29) is 5.91 Å². The molecule has 0 aromatic heterocycles. The Morgan fingerprint density at radius 1 is 0.793 bits per heavy atom. The zero-order valence-corrected chi connectivity index (χ0v) is 16.5. The number of benzene rings is 4. The van der Waals surface area contributed by atoms with Crippen LogP contribution in [0.25, 0.3) is 10.8 Å². The van der Waals surface area contributed by atoms with Crippen LogP contribution in [0.1, 0.15) is 11.1 Å². The van der Waals surface area contributed by atoms with Gasteiger partial charge in [-0.15, -0.1) is 0 Å². The van der Waals surface area contributed by atoms with Crippen LogP contribution in [0.2, 0.25) is 5.02 Å². The third-order valence-corrected chi connectivity index (χ3v) is 5.09. The van der Waals surface area contributed by atoms with Gasteiger partial charge in [0.15, 0.2) is 0 Å². The van der Waals surface area contributed by atoms with Crippen LogP contribution in [0.5, 0.6) is 5.75 Å². The molecule has 0 saturated carbocycles. The highest BCUT2D eigenvalue weighted by molar-refractivity contribution is 6.31. The number of rotatable bonds is 6. The van der Waals surface area contributed by atoms with E-state index in [4.69, 9.17) is 16.3 Å². The van der Waals surface area contributed by atoms with E-state index in [0.717, 1.165) is 33.3 Å². The molecule has 3 nitrogen and oxygen atoms in total. The Labute approximate surface area is 174 Å². The average Bonchev–Trinajstić information content (AvgIpc) is 2.74. The molecule has 0 bridgehead atoms. The number of halogens is 1. The molecule has 1 N–H and O–H groups in total. The standard InChI is InChI=1S/C25H20ClNO2/c26-24-11-4-2-7-20(24)17-29-22-14-12-21(13-15-22)27-25(28)16-19-9-5-8-18-6-1-3-10-23(18)19/h1-15H,16-17H2,(H,27,28). The molecule has 4 aromatic rings. The van der Waals surface area contributed by atoms with E-state index >= 15 is 0 Å². The molecule has 4 heteroatoms. The molecule has 0 heterocycles. The van der Waals surface area contributed by atoms with E-state index in [1.807, 2.05) is 78.9 Å². The molecule has 0 atom stereocenters. The maximum Gasteiger partial charge on any atom is 0.228 e. The normalized spacial score (nSPS) is 10.7. The van der Waals surface area contributed by atoms with Crippen LogP contribution in [0, 0.1) is 0 Å². The SMILES string of the molecule is O=C(Cc1cccc2ccccc12)Nc1ccc(OCc2ccccc2Cl)cc1. The van der Waals surface area contributed by atoms with Gasteiger partial charge in [-0.05, 0) is 46.7 Å². The second kappa shape index (κ2) is 8.80. The lowest BCUT2D eigenvalue weighted by Gasteiger charge is -2.10. The molecule has 29 heavy (non-hydrogen) atoms. The predicted octanol–water partition coefficient (Wildman–Crippen LogP) is 6.25.